The number of imidazole rings is 1. The number of fused-ring (bicyclic) bond motifs is 1. The first-order chi connectivity index (χ1) is 18.0. The number of carbonyl (C=O) groups is 1. The molecule has 4 aromatic rings. The van der Waals surface area contributed by atoms with Crippen molar-refractivity contribution in [2.75, 3.05) is 26.2 Å². The Morgan fingerprint density at radius 1 is 1.05 bits per heavy atom. The smallest absolute Gasteiger partial charge is 0.225 e. The van der Waals surface area contributed by atoms with Crippen molar-refractivity contribution in [3.63, 3.8) is 0 Å². The van der Waals surface area contributed by atoms with Crippen LogP contribution in [0.3, 0.4) is 0 Å². The van der Waals surface area contributed by atoms with Crippen LogP contribution in [0.5, 0.6) is 0 Å². The minimum absolute atomic E-state index is 0.301. The van der Waals surface area contributed by atoms with Crippen LogP contribution in [0.1, 0.15) is 41.3 Å². The number of pyridine rings is 2. The first kappa shape index (κ1) is 23.3. The van der Waals surface area contributed by atoms with Gasteiger partial charge in [-0.1, -0.05) is 6.07 Å². The Morgan fingerprint density at radius 2 is 1.89 bits per heavy atom. The normalized spacial score (nSPS) is 16.2. The zero-order valence-corrected chi connectivity index (χ0v) is 20.9. The van der Waals surface area contributed by atoms with E-state index < -0.39 is 0 Å². The van der Waals surface area contributed by atoms with E-state index in [0.717, 1.165) is 84.9 Å². The number of amides is 1. The minimum atomic E-state index is 0.301. The highest BCUT2D eigenvalue weighted by atomic mass is 16.2. The van der Waals surface area contributed by atoms with E-state index in [1.54, 1.807) is 0 Å². The molecule has 0 atom stereocenters. The van der Waals surface area contributed by atoms with Crippen molar-refractivity contribution in [3.8, 4) is 17.2 Å². The second-order valence-corrected chi connectivity index (χ2v) is 10.1. The number of hydrogen-bond donors (Lipinski definition) is 1. The quantitative estimate of drug-likeness (QED) is 0.440. The lowest BCUT2D eigenvalue weighted by molar-refractivity contribution is -0.134. The number of aromatic amines is 1. The van der Waals surface area contributed by atoms with Crippen LogP contribution >= 0.6 is 0 Å². The number of benzene rings is 1. The second kappa shape index (κ2) is 9.75. The van der Waals surface area contributed by atoms with Crippen molar-refractivity contribution < 1.29 is 4.79 Å². The molecule has 1 aliphatic heterocycles. The summed E-state index contributed by atoms with van der Waals surface area (Å²) in [5.74, 6) is 1.52. The minimum Gasteiger partial charge on any atom is -0.342 e. The Bertz CT molecular complexity index is 1510. The lowest BCUT2D eigenvalue weighted by Crippen LogP contribution is -2.48. The molecule has 0 spiro atoms. The van der Waals surface area contributed by atoms with Crippen LogP contribution < -0.4 is 0 Å². The van der Waals surface area contributed by atoms with Gasteiger partial charge in [-0.05, 0) is 72.9 Å². The first-order valence-corrected chi connectivity index (χ1v) is 12.9. The second-order valence-electron chi connectivity index (χ2n) is 10.1. The van der Waals surface area contributed by atoms with Crippen molar-refractivity contribution in [1.82, 2.24) is 29.7 Å². The molecule has 1 N–H and O–H groups in total. The van der Waals surface area contributed by atoms with E-state index in [0.29, 0.717) is 23.9 Å². The molecule has 0 bridgehead atoms. The lowest BCUT2D eigenvalue weighted by atomic mass is 10.0. The van der Waals surface area contributed by atoms with Crippen LogP contribution in [0.4, 0.5) is 0 Å². The average molecular weight is 492 g/mol. The van der Waals surface area contributed by atoms with Gasteiger partial charge in [-0.25, -0.2) is 9.97 Å². The van der Waals surface area contributed by atoms with Crippen LogP contribution in [0.15, 0.2) is 48.7 Å². The molecule has 0 radical (unpaired) electrons. The molecule has 1 amide bonds. The summed E-state index contributed by atoms with van der Waals surface area (Å²) >= 11 is 0. The van der Waals surface area contributed by atoms with Crippen molar-refractivity contribution in [2.24, 2.45) is 5.92 Å². The first-order valence-electron chi connectivity index (χ1n) is 12.9. The van der Waals surface area contributed by atoms with Gasteiger partial charge in [0.15, 0.2) is 0 Å². The average Bonchev–Trinajstić information content (AvgIpc) is 3.68. The van der Waals surface area contributed by atoms with Crippen LogP contribution in [0.2, 0.25) is 0 Å². The van der Waals surface area contributed by atoms with Gasteiger partial charge in [-0.15, -0.1) is 0 Å². The molecule has 1 saturated heterocycles. The Morgan fingerprint density at radius 3 is 2.68 bits per heavy atom. The molecule has 186 valence electrons. The topological polar surface area (TPSA) is 102 Å². The third-order valence-corrected chi connectivity index (χ3v) is 7.18. The van der Waals surface area contributed by atoms with E-state index in [4.69, 9.17) is 4.98 Å². The molecule has 3 aromatic heterocycles. The predicted octanol–water partition coefficient (Wildman–Crippen LogP) is 3.85. The number of nitrogens with one attached hydrogen (secondary N) is 1. The number of aryl methyl sites for hydroxylation is 1. The van der Waals surface area contributed by atoms with E-state index in [1.165, 1.54) is 5.56 Å². The zero-order valence-electron chi connectivity index (χ0n) is 20.9. The van der Waals surface area contributed by atoms with Crippen molar-refractivity contribution in [2.45, 2.75) is 32.7 Å². The van der Waals surface area contributed by atoms with Crippen LogP contribution in [-0.2, 0) is 17.8 Å². The number of nitriles is 1. The van der Waals surface area contributed by atoms with Gasteiger partial charge in [-0.3, -0.25) is 14.7 Å². The van der Waals surface area contributed by atoms with E-state index in [2.05, 4.69) is 44.1 Å². The molecular formula is C29H29N7O. The van der Waals surface area contributed by atoms with E-state index in [9.17, 15) is 10.1 Å². The highest BCUT2D eigenvalue weighted by molar-refractivity contribution is 5.82. The summed E-state index contributed by atoms with van der Waals surface area (Å²) in [5.41, 5.74) is 7.28. The fraction of sp³-hybridized carbons (Fsp3) is 0.345. The standard InChI is InChI=1S/C29H29N7O/c1-19-12-23(14-25(17-30)32-19)22-4-5-26-27(15-22)34-28(33-26)16-24-13-20(6-7-31-24)18-35-8-10-36(11-9-35)29(37)21-2-3-21/h4-7,12-15,21H,2-3,8-11,16,18H2,1H3,(H,33,34). The van der Waals surface area contributed by atoms with E-state index in [1.807, 2.05) is 42.3 Å². The van der Waals surface area contributed by atoms with Crippen LogP contribution in [0.25, 0.3) is 22.2 Å². The third-order valence-electron chi connectivity index (χ3n) is 7.18. The molecule has 8 nitrogen and oxygen atoms in total. The maximum absolute atomic E-state index is 12.3. The van der Waals surface area contributed by atoms with Gasteiger partial charge in [0.2, 0.25) is 5.91 Å². The monoisotopic (exact) mass is 491 g/mol. The van der Waals surface area contributed by atoms with Gasteiger partial charge in [0.05, 0.1) is 11.0 Å². The van der Waals surface area contributed by atoms with Crippen molar-refractivity contribution in [1.29, 1.82) is 5.26 Å². The van der Waals surface area contributed by atoms with E-state index >= 15 is 0 Å². The van der Waals surface area contributed by atoms with Gasteiger partial charge in [0, 0.05) is 62.6 Å². The lowest BCUT2D eigenvalue weighted by Gasteiger charge is -2.35. The van der Waals surface area contributed by atoms with Gasteiger partial charge < -0.3 is 9.88 Å². The van der Waals surface area contributed by atoms with Crippen LogP contribution in [0, 0.1) is 24.2 Å². The van der Waals surface area contributed by atoms with Gasteiger partial charge in [0.1, 0.15) is 17.6 Å². The highest BCUT2D eigenvalue weighted by Gasteiger charge is 2.34. The predicted molar refractivity (Wildman–Crippen MR) is 140 cm³/mol. The molecule has 2 aliphatic rings. The van der Waals surface area contributed by atoms with E-state index in [-0.39, 0.29) is 0 Å². The highest BCUT2D eigenvalue weighted by Crippen LogP contribution is 2.31. The Labute approximate surface area is 216 Å². The fourth-order valence-corrected chi connectivity index (χ4v) is 5.09. The number of nitrogens with zero attached hydrogens (tertiary/aromatic N) is 6. The largest absolute Gasteiger partial charge is 0.342 e. The molecule has 0 unspecified atom stereocenters. The molecule has 1 aliphatic carbocycles. The summed E-state index contributed by atoms with van der Waals surface area (Å²) in [6.45, 7) is 6.23. The molecular weight excluding hydrogens is 462 g/mol. The molecule has 4 heterocycles. The molecule has 2 fully saturated rings. The molecule has 37 heavy (non-hydrogen) atoms. The van der Waals surface area contributed by atoms with Crippen molar-refractivity contribution in [3.05, 3.63) is 77.1 Å². The summed E-state index contributed by atoms with van der Waals surface area (Å²) in [5, 5.41) is 9.26. The SMILES string of the molecule is Cc1cc(-c2ccc3nc(Cc4cc(CN5CCN(C(=O)C6CC6)CC5)ccn4)[nH]c3c2)cc(C#N)n1. The molecule has 1 saturated carbocycles. The number of rotatable bonds is 6. The number of hydrogen-bond acceptors (Lipinski definition) is 6. The maximum Gasteiger partial charge on any atom is 0.225 e. The Hall–Kier alpha value is -4.09. The zero-order chi connectivity index (χ0) is 25.4. The summed E-state index contributed by atoms with van der Waals surface area (Å²) in [6.07, 6.45) is 4.63. The van der Waals surface area contributed by atoms with Gasteiger partial charge in [0.25, 0.3) is 0 Å². The molecule has 8 heteroatoms. The maximum atomic E-state index is 12.3. The Balaban J connectivity index is 1.13. The van der Waals surface area contributed by atoms with Crippen molar-refractivity contribution >= 4 is 16.9 Å². The number of H-pyrrole nitrogens is 1. The summed E-state index contributed by atoms with van der Waals surface area (Å²) in [4.78, 5) is 33.8. The number of piperazine rings is 1. The number of aromatic nitrogens is 4. The molecule has 6 rings (SSSR count). The summed E-state index contributed by atoms with van der Waals surface area (Å²) in [6, 6.07) is 16.3. The summed E-state index contributed by atoms with van der Waals surface area (Å²) in [7, 11) is 0. The molecule has 1 aromatic carbocycles. The van der Waals surface area contributed by atoms with Crippen LogP contribution in [-0.4, -0.2) is 61.8 Å². The van der Waals surface area contributed by atoms with Gasteiger partial charge >= 0.3 is 0 Å². The third kappa shape index (κ3) is 5.23. The van der Waals surface area contributed by atoms with Gasteiger partial charge in [-0.2, -0.15) is 5.26 Å². The fourth-order valence-electron chi connectivity index (χ4n) is 5.09. The number of carbonyl (C=O) groups excluding carboxylic acids is 1. The summed E-state index contributed by atoms with van der Waals surface area (Å²) < 4.78 is 0. The Kier molecular flexibility index (Phi) is 6.15.